The minimum Gasteiger partial charge on any atom is -0.292 e. The standard InChI is InChI=1S/C38H42N4O4/c43-35-25-33(39-19-15-29(16-20-39)23-27-7-3-1-4-8-27)37(45)41(35)31-11-13-32(14-12-31)42-36(44)26-34(38(42)46)40-21-17-30(18-22-40)24-28-9-5-2-6-10-28/h1-14,29-30,33-34H,15-26H2. The monoisotopic (exact) mass is 618 g/mol. The molecular formula is C38H42N4O4. The van der Waals surface area contributed by atoms with Gasteiger partial charge in [0.2, 0.25) is 11.8 Å². The van der Waals surface area contributed by atoms with Crippen molar-refractivity contribution in [3.63, 3.8) is 0 Å². The van der Waals surface area contributed by atoms with Crippen LogP contribution < -0.4 is 9.80 Å². The van der Waals surface area contributed by atoms with Crippen molar-refractivity contribution in [1.29, 1.82) is 0 Å². The number of hydrogen-bond donors (Lipinski definition) is 0. The molecule has 3 aromatic carbocycles. The highest BCUT2D eigenvalue weighted by Crippen LogP contribution is 2.33. The van der Waals surface area contributed by atoms with E-state index in [-0.39, 0.29) is 36.5 Å². The third kappa shape index (κ3) is 6.29. The first-order valence-electron chi connectivity index (χ1n) is 16.8. The Hall–Kier alpha value is -4.14. The maximum absolute atomic E-state index is 13.5. The van der Waals surface area contributed by atoms with E-state index < -0.39 is 12.1 Å². The topological polar surface area (TPSA) is 81.2 Å². The second-order valence-electron chi connectivity index (χ2n) is 13.4. The smallest absolute Gasteiger partial charge is 0.251 e. The predicted octanol–water partition coefficient (Wildman–Crippen LogP) is 4.86. The Kier molecular flexibility index (Phi) is 8.82. The van der Waals surface area contributed by atoms with Crippen LogP contribution in [0.3, 0.4) is 0 Å². The van der Waals surface area contributed by atoms with Crippen LogP contribution in [0.4, 0.5) is 11.4 Å². The summed E-state index contributed by atoms with van der Waals surface area (Å²) < 4.78 is 0. The average molecular weight is 619 g/mol. The maximum atomic E-state index is 13.5. The molecule has 4 aliphatic rings. The molecule has 0 radical (unpaired) electrons. The Bertz CT molecular complexity index is 1440. The molecular weight excluding hydrogens is 576 g/mol. The van der Waals surface area contributed by atoms with E-state index in [1.165, 1.54) is 20.9 Å². The van der Waals surface area contributed by atoms with Gasteiger partial charge in [0.25, 0.3) is 11.8 Å². The van der Waals surface area contributed by atoms with E-state index in [0.717, 1.165) is 64.7 Å². The van der Waals surface area contributed by atoms with Crippen LogP contribution in [0.5, 0.6) is 0 Å². The van der Waals surface area contributed by atoms with E-state index in [1.54, 1.807) is 24.3 Å². The lowest BCUT2D eigenvalue weighted by Crippen LogP contribution is -2.46. The van der Waals surface area contributed by atoms with Crippen molar-refractivity contribution < 1.29 is 19.2 Å². The molecule has 8 heteroatoms. The van der Waals surface area contributed by atoms with Crippen molar-refractivity contribution in [3.05, 3.63) is 96.1 Å². The lowest BCUT2D eigenvalue weighted by molar-refractivity contribution is -0.124. The van der Waals surface area contributed by atoms with Crippen molar-refractivity contribution in [2.75, 3.05) is 36.0 Å². The second-order valence-corrected chi connectivity index (χ2v) is 13.4. The SMILES string of the molecule is O=C1CC(N2CCC(Cc3ccccc3)CC2)C(=O)N1c1ccc(N2C(=O)CC(N3CCC(Cc4ccccc4)CC3)C2=O)cc1. The molecule has 2 atom stereocenters. The summed E-state index contributed by atoms with van der Waals surface area (Å²) in [6.45, 7) is 3.22. The second kappa shape index (κ2) is 13.3. The highest BCUT2D eigenvalue weighted by molar-refractivity contribution is 6.24. The van der Waals surface area contributed by atoms with Gasteiger partial charge in [-0.1, -0.05) is 60.7 Å². The third-order valence-electron chi connectivity index (χ3n) is 10.5. The van der Waals surface area contributed by atoms with Crippen LogP contribution in [0.1, 0.15) is 49.7 Å². The summed E-state index contributed by atoms with van der Waals surface area (Å²) in [6, 6.07) is 26.9. The van der Waals surface area contributed by atoms with Crippen LogP contribution in [0.2, 0.25) is 0 Å². The van der Waals surface area contributed by atoms with Gasteiger partial charge in [-0.25, -0.2) is 9.80 Å². The van der Waals surface area contributed by atoms with Gasteiger partial charge >= 0.3 is 0 Å². The summed E-state index contributed by atoms with van der Waals surface area (Å²) in [5, 5.41) is 0. The Labute approximate surface area is 271 Å². The maximum Gasteiger partial charge on any atom is 0.251 e. The van der Waals surface area contributed by atoms with Gasteiger partial charge in [0.15, 0.2) is 0 Å². The number of carbonyl (C=O) groups excluding carboxylic acids is 4. The zero-order valence-corrected chi connectivity index (χ0v) is 26.3. The molecule has 7 rings (SSSR count). The van der Waals surface area contributed by atoms with Gasteiger partial charge in [-0.15, -0.1) is 0 Å². The molecule has 0 N–H and O–H groups in total. The molecule has 238 valence electrons. The minimum absolute atomic E-state index is 0.177. The van der Waals surface area contributed by atoms with Crippen molar-refractivity contribution in [3.8, 4) is 0 Å². The van der Waals surface area contributed by atoms with Crippen LogP contribution in [0.15, 0.2) is 84.9 Å². The molecule has 4 heterocycles. The van der Waals surface area contributed by atoms with Gasteiger partial charge in [-0.3, -0.25) is 29.0 Å². The summed E-state index contributed by atoms with van der Waals surface area (Å²) in [6.07, 6.45) is 6.46. The largest absolute Gasteiger partial charge is 0.292 e. The van der Waals surface area contributed by atoms with Gasteiger partial charge in [0.05, 0.1) is 36.3 Å². The molecule has 2 unspecified atom stereocenters. The summed E-state index contributed by atoms with van der Waals surface area (Å²) >= 11 is 0. The van der Waals surface area contributed by atoms with Crippen molar-refractivity contribution >= 4 is 35.0 Å². The molecule has 0 spiro atoms. The van der Waals surface area contributed by atoms with E-state index in [1.807, 2.05) is 12.1 Å². The van der Waals surface area contributed by atoms with Crippen LogP contribution >= 0.6 is 0 Å². The third-order valence-corrected chi connectivity index (χ3v) is 10.5. The van der Waals surface area contributed by atoms with E-state index >= 15 is 0 Å². The fourth-order valence-corrected chi connectivity index (χ4v) is 7.93. The van der Waals surface area contributed by atoms with Gasteiger partial charge in [-0.05, 0) is 112 Å². The first-order valence-corrected chi connectivity index (χ1v) is 16.8. The number of anilines is 2. The van der Waals surface area contributed by atoms with Crippen molar-refractivity contribution in [1.82, 2.24) is 9.80 Å². The van der Waals surface area contributed by atoms with Crippen LogP contribution in [0.25, 0.3) is 0 Å². The van der Waals surface area contributed by atoms with Gasteiger partial charge in [0, 0.05) is 0 Å². The first kappa shape index (κ1) is 30.5. The van der Waals surface area contributed by atoms with E-state index in [2.05, 4.69) is 58.3 Å². The minimum atomic E-state index is -0.441. The zero-order valence-electron chi connectivity index (χ0n) is 26.3. The number of hydrogen-bond acceptors (Lipinski definition) is 6. The Morgan fingerprint density at radius 1 is 0.478 bits per heavy atom. The fraction of sp³-hybridized carbons (Fsp3) is 0.421. The van der Waals surface area contributed by atoms with Crippen molar-refractivity contribution in [2.45, 2.75) is 63.5 Å². The average Bonchev–Trinajstić information content (AvgIpc) is 3.55. The highest BCUT2D eigenvalue weighted by Gasteiger charge is 2.45. The lowest BCUT2D eigenvalue weighted by Gasteiger charge is -2.35. The molecule has 8 nitrogen and oxygen atoms in total. The number of amides is 4. The Morgan fingerprint density at radius 2 is 0.826 bits per heavy atom. The summed E-state index contributed by atoms with van der Waals surface area (Å²) in [5.74, 6) is 0.358. The van der Waals surface area contributed by atoms with Gasteiger partial charge in [-0.2, -0.15) is 0 Å². The number of piperidine rings is 2. The van der Waals surface area contributed by atoms with E-state index in [4.69, 9.17) is 0 Å². The van der Waals surface area contributed by atoms with Crippen molar-refractivity contribution in [2.24, 2.45) is 11.8 Å². The molecule has 4 aliphatic heterocycles. The lowest BCUT2D eigenvalue weighted by atomic mass is 9.89. The molecule has 4 fully saturated rings. The first-order chi connectivity index (χ1) is 22.4. The fourth-order valence-electron chi connectivity index (χ4n) is 7.93. The van der Waals surface area contributed by atoms with Crippen LogP contribution in [-0.4, -0.2) is 71.7 Å². The molecule has 46 heavy (non-hydrogen) atoms. The number of rotatable bonds is 8. The normalized spacial score (nSPS) is 24.0. The number of nitrogens with zero attached hydrogens (tertiary/aromatic N) is 4. The quantitative estimate of drug-likeness (QED) is 0.336. The van der Waals surface area contributed by atoms with Gasteiger partial charge in [0.1, 0.15) is 0 Å². The summed E-state index contributed by atoms with van der Waals surface area (Å²) in [7, 11) is 0. The Balaban J connectivity index is 0.940. The van der Waals surface area contributed by atoms with E-state index in [9.17, 15) is 19.2 Å². The number of likely N-dealkylation sites (tertiary alicyclic amines) is 2. The highest BCUT2D eigenvalue weighted by atomic mass is 16.2. The Morgan fingerprint density at radius 3 is 1.17 bits per heavy atom. The number of imide groups is 2. The molecule has 0 aromatic heterocycles. The number of benzene rings is 3. The molecule has 3 aromatic rings. The number of carbonyl (C=O) groups is 4. The molecule has 0 bridgehead atoms. The summed E-state index contributed by atoms with van der Waals surface area (Å²) in [4.78, 5) is 60.1. The molecule has 4 amide bonds. The summed E-state index contributed by atoms with van der Waals surface area (Å²) in [5.41, 5.74) is 3.65. The zero-order chi connectivity index (χ0) is 31.6. The molecule has 4 saturated heterocycles. The van der Waals surface area contributed by atoms with Crippen LogP contribution in [0, 0.1) is 11.8 Å². The van der Waals surface area contributed by atoms with E-state index in [0.29, 0.717) is 23.2 Å². The van der Waals surface area contributed by atoms with Crippen LogP contribution in [-0.2, 0) is 32.0 Å². The molecule has 0 aliphatic carbocycles. The predicted molar refractivity (Wildman–Crippen MR) is 177 cm³/mol. The molecule has 0 saturated carbocycles. The van der Waals surface area contributed by atoms with Gasteiger partial charge < -0.3 is 0 Å².